The Bertz CT molecular complexity index is 593. The van der Waals surface area contributed by atoms with Crippen molar-refractivity contribution in [3.8, 4) is 0 Å². The number of carboxylic acid groups (broad SMARTS) is 2. The summed E-state index contributed by atoms with van der Waals surface area (Å²) in [6.45, 7) is 3.63. The van der Waals surface area contributed by atoms with E-state index >= 15 is 0 Å². The Balaban J connectivity index is 2.69. The average Bonchev–Trinajstić information content (AvgIpc) is 2.42. The van der Waals surface area contributed by atoms with Gasteiger partial charge in [-0.05, 0) is 31.7 Å². The third-order valence-electron chi connectivity index (χ3n) is 4.34. The molecule has 0 aliphatic carbocycles. The number of carbonyl (C=O) groups is 2. The van der Waals surface area contributed by atoms with E-state index in [1.54, 1.807) is 49.3 Å². The van der Waals surface area contributed by atoms with Gasteiger partial charge < -0.3 is 15.1 Å². The molecule has 2 rings (SSSR count). The topological polar surface area (TPSA) is 77.8 Å². The number of carboxylic acids is 2. The zero-order valence-corrected chi connectivity index (χ0v) is 12.3. The van der Waals surface area contributed by atoms with Crippen LogP contribution in [0.1, 0.15) is 18.1 Å². The number of aryl methyl sites for hydroxylation is 1. The van der Waals surface area contributed by atoms with Crippen LogP contribution in [-0.4, -0.2) is 40.1 Å². The van der Waals surface area contributed by atoms with Crippen LogP contribution in [0.25, 0.3) is 0 Å². The van der Waals surface area contributed by atoms with Gasteiger partial charge in [-0.2, -0.15) is 0 Å². The summed E-state index contributed by atoms with van der Waals surface area (Å²) >= 11 is 0. The maximum atomic E-state index is 12.0. The summed E-state index contributed by atoms with van der Waals surface area (Å²) < 4.78 is 0. The van der Waals surface area contributed by atoms with Crippen molar-refractivity contribution in [3.63, 3.8) is 0 Å². The molecular formula is C16H19NO4. The Morgan fingerprint density at radius 2 is 1.76 bits per heavy atom. The van der Waals surface area contributed by atoms with E-state index in [1.165, 1.54) is 6.08 Å². The molecule has 21 heavy (non-hydrogen) atoms. The summed E-state index contributed by atoms with van der Waals surface area (Å²) in [6, 6.07) is 6.57. The molecule has 0 aromatic heterocycles. The summed E-state index contributed by atoms with van der Waals surface area (Å²) in [7, 11) is 1.75. The molecule has 0 saturated heterocycles. The largest absolute Gasteiger partial charge is 0.481 e. The Kier molecular flexibility index (Phi) is 3.77. The molecule has 1 aliphatic heterocycles. The summed E-state index contributed by atoms with van der Waals surface area (Å²) in [5.41, 5.74) is -0.0637. The molecule has 1 heterocycles. The first kappa shape index (κ1) is 15.1. The second-order valence-corrected chi connectivity index (χ2v) is 5.58. The number of hydrogen-bond acceptors (Lipinski definition) is 3. The molecule has 1 aromatic carbocycles. The van der Waals surface area contributed by atoms with Gasteiger partial charge in [-0.1, -0.05) is 29.8 Å². The van der Waals surface area contributed by atoms with E-state index in [0.29, 0.717) is 5.56 Å². The summed E-state index contributed by atoms with van der Waals surface area (Å²) in [5.74, 6) is -3.32. The molecule has 0 fully saturated rings. The number of nitrogens with zero attached hydrogens (tertiary/aromatic N) is 1. The molecule has 3 atom stereocenters. The van der Waals surface area contributed by atoms with Crippen molar-refractivity contribution in [2.75, 3.05) is 7.05 Å². The SMILES string of the molecule is Cc1ccc(C2(C(=O)O)C=CN(C)C(C)C2C(=O)O)cc1. The third kappa shape index (κ3) is 2.28. The molecule has 5 nitrogen and oxygen atoms in total. The minimum absolute atomic E-state index is 0.426. The van der Waals surface area contributed by atoms with Crippen LogP contribution in [0.4, 0.5) is 0 Å². The minimum Gasteiger partial charge on any atom is -0.481 e. The zero-order valence-electron chi connectivity index (χ0n) is 12.3. The maximum Gasteiger partial charge on any atom is 0.319 e. The minimum atomic E-state index is -1.55. The highest BCUT2D eigenvalue weighted by molar-refractivity contribution is 5.91. The predicted molar refractivity (Wildman–Crippen MR) is 78.0 cm³/mol. The fourth-order valence-corrected chi connectivity index (χ4v) is 2.92. The maximum absolute atomic E-state index is 12.0. The van der Waals surface area contributed by atoms with Gasteiger partial charge in [-0.3, -0.25) is 9.59 Å². The molecule has 0 saturated carbocycles. The van der Waals surface area contributed by atoms with E-state index in [2.05, 4.69) is 0 Å². The second kappa shape index (κ2) is 5.24. The molecule has 1 aliphatic rings. The Morgan fingerprint density at radius 3 is 2.24 bits per heavy atom. The van der Waals surface area contributed by atoms with Gasteiger partial charge >= 0.3 is 11.9 Å². The van der Waals surface area contributed by atoms with Gasteiger partial charge in [-0.25, -0.2) is 0 Å². The number of benzene rings is 1. The Hall–Kier alpha value is -2.30. The van der Waals surface area contributed by atoms with Crippen LogP contribution in [0.5, 0.6) is 0 Å². The quantitative estimate of drug-likeness (QED) is 0.888. The third-order valence-corrected chi connectivity index (χ3v) is 4.34. The molecule has 1 aromatic rings. The van der Waals surface area contributed by atoms with Crippen LogP contribution in [0.15, 0.2) is 36.5 Å². The number of aliphatic carboxylic acids is 2. The lowest BCUT2D eigenvalue weighted by Gasteiger charge is -2.43. The van der Waals surface area contributed by atoms with E-state index in [0.717, 1.165) is 5.56 Å². The molecule has 0 radical (unpaired) electrons. The van der Waals surface area contributed by atoms with Crippen LogP contribution in [0, 0.1) is 12.8 Å². The molecule has 112 valence electrons. The van der Waals surface area contributed by atoms with E-state index in [4.69, 9.17) is 0 Å². The van der Waals surface area contributed by atoms with Crippen molar-refractivity contribution in [2.24, 2.45) is 5.92 Å². The Morgan fingerprint density at radius 1 is 1.19 bits per heavy atom. The van der Waals surface area contributed by atoms with E-state index in [1.807, 2.05) is 6.92 Å². The van der Waals surface area contributed by atoms with Gasteiger partial charge in [-0.15, -0.1) is 0 Å². The number of hydrogen-bond donors (Lipinski definition) is 2. The van der Waals surface area contributed by atoms with Gasteiger partial charge in [0.2, 0.25) is 0 Å². The van der Waals surface area contributed by atoms with Crippen LogP contribution < -0.4 is 0 Å². The van der Waals surface area contributed by atoms with Crippen molar-refractivity contribution >= 4 is 11.9 Å². The molecule has 0 amide bonds. The molecule has 0 bridgehead atoms. The fourth-order valence-electron chi connectivity index (χ4n) is 2.92. The first-order valence-electron chi connectivity index (χ1n) is 6.75. The molecule has 3 unspecified atom stereocenters. The average molecular weight is 289 g/mol. The van der Waals surface area contributed by atoms with Crippen LogP contribution >= 0.6 is 0 Å². The molecule has 5 heteroatoms. The first-order chi connectivity index (χ1) is 9.80. The van der Waals surface area contributed by atoms with Crippen LogP contribution in [0.2, 0.25) is 0 Å². The van der Waals surface area contributed by atoms with Gasteiger partial charge in [0, 0.05) is 13.1 Å². The molecular weight excluding hydrogens is 270 g/mol. The van der Waals surface area contributed by atoms with Gasteiger partial charge in [0.25, 0.3) is 0 Å². The van der Waals surface area contributed by atoms with Crippen molar-refractivity contribution < 1.29 is 19.8 Å². The Labute approximate surface area is 123 Å². The lowest BCUT2D eigenvalue weighted by Crippen LogP contribution is -2.55. The highest BCUT2D eigenvalue weighted by Crippen LogP contribution is 2.41. The lowest BCUT2D eigenvalue weighted by atomic mass is 9.65. The highest BCUT2D eigenvalue weighted by Gasteiger charge is 2.54. The van der Waals surface area contributed by atoms with E-state index in [9.17, 15) is 19.8 Å². The second-order valence-electron chi connectivity index (χ2n) is 5.58. The van der Waals surface area contributed by atoms with Crippen molar-refractivity contribution in [2.45, 2.75) is 25.3 Å². The smallest absolute Gasteiger partial charge is 0.319 e. The van der Waals surface area contributed by atoms with E-state index in [-0.39, 0.29) is 0 Å². The highest BCUT2D eigenvalue weighted by atomic mass is 16.4. The van der Waals surface area contributed by atoms with Gasteiger partial charge in [0.15, 0.2) is 0 Å². The van der Waals surface area contributed by atoms with Crippen molar-refractivity contribution in [3.05, 3.63) is 47.7 Å². The standard InChI is InChI=1S/C16H19NO4/c1-10-4-6-12(7-5-10)16(15(20)21)8-9-17(3)11(2)13(16)14(18)19/h4-9,11,13H,1-3H3,(H,18,19)(H,20,21). The predicted octanol–water partition coefficient (Wildman–Crippen LogP) is 1.87. The summed E-state index contributed by atoms with van der Waals surface area (Å²) in [4.78, 5) is 25.5. The monoisotopic (exact) mass is 289 g/mol. The summed E-state index contributed by atoms with van der Waals surface area (Å²) in [6.07, 6.45) is 3.14. The van der Waals surface area contributed by atoms with Crippen molar-refractivity contribution in [1.82, 2.24) is 4.90 Å². The lowest BCUT2D eigenvalue weighted by molar-refractivity contribution is -0.157. The van der Waals surface area contributed by atoms with Crippen molar-refractivity contribution in [1.29, 1.82) is 0 Å². The molecule has 2 N–H and O–H groups in total. The molecule has 0 spiro atoms. The zero-order chi connectivity index (χ0) is 15.8. The number of rotatable bonds is 3. The van der Waals surface area contributed by atoms with Gasteiger partial charge in [0.05, 0.1) is 0 Å². The normalized spacial score (nSPS) is 28.4. The fraction of sp³-hybridized carbons (Fsp3) is 0.375. The summed E-state index contributed by atoms with van der Waals surface area (Å²) in [5, 5.41) is 19.4. The first-order valence-corrected chi connectivity index (χ1v) is 6.75. The van der Waals surface area contributed by atoms with Gasteiger partial charge in [0.1, 0.15) is 11.3 Å². The van der Waals surface area contributed by atoms with Crippen LogP contribution in [-0.2, 0) is 15.0 Å². The van der Waals surface area contributed by atoms with Crippen LogP contribution in [0.3, 0.4) is 0 Å². The van der Waals surface area contributed by atoms with E-state index < -0.39 is 29.3 Å².